The van der Waals surface area contributed by atoms with Crippen molar-refractivity contribution in [2.24, 2.45) is 5.92 Å². The first-order valence-electron chi connectivity index (χ1n) is 3.92. The molecule has 0 rings (SSSR count). The molecule has 0 atom stereocenters. The third-order valence-corrected chi connectivity index (χ3v) is 1.17. The third kappa shape index (κ3) is 5.84. The van der Waals surface area contributed by atoms with Crippen molar-refractivity contribution in [2.45, 2.75) is 20.8 Å². The van der Waals surface area contributed by atoms with Crippen LogP contribution >= 0.6 is 0 Å². The van der Waals surface area contributed by atoms with E-state index in [4.69, 9.17) is 4.74 Å². The fourth-order valence-electron chi connectivity index (χ4n) is 0.567. The highest BCUT2D eigenvalue weighted by atomic mass is 16.6. The second kappa shape index (κ2) is 5.29. The number of carbonyl (C=O) groups is 1. The van der Waals surface area contributed by atoms with Crippen molar-refractivity contribution in [3.63, 3.8) is 0 Å². The van der Waals surface area contributed by atoms with E-state index in [0.29, 0.717) is 6.20 Å². The molecule has 0 amide bonds. The van der Waals surface area contributed by atoms with Crippen LogP contribution in [0.25, 0.3) is 0 Å². The fourth-order valence-corrected chi connectivity index (χ4v) is 0.567. The van der Waals surface area contributed by atoms with Gasteiger partial charge in [-0.2, -0.15) is 0 Å². The van der Waals surface area contributed by atoms with E-state index in [9.17, 15) is 14.9 Å². The lowest BCUT2D eigenvalue weighted by molar-refractivity contribution is -0.403. The Hall–Kier alpha value is -1.39. The molecule has 0 aromatic carbocycles. The van der Waals surface area contributed by atoms with Gasteiger partial charge in [-0.3, -0.25) is 10.1 Å². The van der Waals surface area contributed by atoms with E-state index in [1.807, 2.05) is 13.8 Å². The number of hydrogen-bond donors (Lipinski definition) is 0. The average molecular weight is 187 g/mol. The summed E-state index contributed by atoms with van der Waals surface area (Å²) < 4.78 is 4.75. The summed E-state index contributed by atoms with van der Waals surface area (Å²) in [6, 6.07) is 0. The van der Waals surface area contributed by atoms with E-state index < -0.39 is 10.9 Å². The highest BCUT2D eigenvalue weighted by Gasteiger charge is 2.09. The maximum atomic E-state index is 11.0. The van der Waals surface area contributed by atoms with Crippen LogP contribution in [0.3, 0.4) is 0 Å². The lowest BCUT2D eigenvalue weighted by Crippen LogP contribution is -2.11. The van der Waals surface area contributed by atoms with Crippen LogP contribution in [0.2, 0.25) is 0 Å². The van der Waals surface area contributed by atoms with Crippen molar-refractivity contribution in [3.8, 4) is 0 Å². The zero-order chi connectivity index (χ0) is 10.4. The molecule has 0 heterocycles. The number of ether oxygens (including phenoxy) is 1. The van der Waals surface area contributed by atoms with Gasteiger partial charge in [0.15, 0.2) is 0 Å². The first-order valence-corrected chi connectivity index (χ1v) is 3.92. The Morgan fingerprint density at radius 3 is 2.54 bits per heavy atom. The molecule has 5 heteroatoms. The molecule has 0 aliphatic rings. The Kier molecular flexibility index (Phi) is 4.72. The van der Waals surface area contributed by atoms with Gasteiger partial charge in [0.05, 0.1) is 11.5 Å². The maximum Gasteiger partial charge on any atom is 0.340 e. The van der Waals surface area contributed by atoms with Crippen LogP contribution < -0.4 is 0 Å². The number of carbonyl (C=O) groups excluding carboxylic acids is 1. The Labute approximate surface area is 76.5 Å². The smallest absolute Gasteiger partial charge is 0.340 e. The van der Waals surface area contributed by atoms with E-state index in [0.717, 1.165) is 0 Å². The third-order valence-electron chi connectivity index (χ3n) is 1.17. The van der Waals surface area contributed by atoms with Gasteiger partial charge in [0, 0.05) is 0 Å². The number of hydrogen-bond acceptors (Lipinski definition) is 4. The van der Waals surface area contributed by atoms with Gasteiger partial charge in [0.2, 0.25) is 6.20 Å². The number of rotatable bonds is 4. The van der Waals surface area contributed by atoms with Crippen LogP contribution in [0.1, 0.15) is 20.8 Å². The van der Waals surface area contributed by atoms with E-state index in [1.54, 1.807) is 0 Å². The molecule has 13 heavy (non-hydrogen) atoms. The Morgan fingerprint density at radius 1 is 1.62 bits per heavy atom. The minimum atomic E-state index is -0.675. The molecular weight excluding hydrogens is 174 g/mol. The van der Waals surface area contributed by atoms with E-state index in [-0.39, 0.29) is 18.1 Å². The van der Waals surface area contributed by atoms with Crippen LogP contribution in [0, 0.1) is 16.0 Å². The van der Waals surface area contributed by atoms with E-state index in [2.05, 4.69) is 0 Å². The van der Waals surface area contributed by atoms with Crippen LogP contribution in [0.5, 0.6) is 0 Å². The normalized spacial score (nSPS) is 11.5. The first-order chi connectivity index (χ1) is 5.93. The molecular formula is C8H13NO4. The van der Waals surface area contributed by atoms with Crippen molar-refractivity contribution in [3.05, 3.63) is 21.9 Å². The predicted octanol–water partition coefficient (Wildman–Crippen LogP) is 1.37. The van der Waals surface area contributed by atoms with Crippen molar-refractivity contribution < 1.29 is 14.5 Å². The summed E-state index contributed by atoms with van der Waals surface area (Å²) in [5, 5.41) is 9.97. The van der Waals surface area contributed by atoms with Gasteiger partial charge in [-0.15, -0.1) is 0 Å². The van der Waals surface area contributed by atoms with E-state index in [1.165, 1.54) is 6.92 Å². The molecule has 0 fully saturated rings. The molecule has 5 nitrogen and oxygen atoms in total. The van der Waals surface area contributed by atoms with Crippen molar-refractivity contribution in [1.82, 2.24) is 0 Å². The van der Waals surface area contributed by atoms with Gasteiger partial charge in [-0.1, -0.05) is 13.8 Å². The monoisotopic (exact) mass is 187 g/mol. The molecule has 0 spiro atoms. The molecule has 0 saturated heterocycles. The van der Waals surface area contributed by atoms with Crippen LogP contribution in [-0.4, -0.2) is 17.5 Å². The van der Waals surface area contributed by atoms with Gasteiger partial charge in [0.1, 0.15) is 5.57 Å². The zero-order valence-electron chi connectivity index (χ0n) is 7.94. The Bertz CT molecular complexity index is 232. The molecule has 0 aromatic heterocycles. The van der Waals surface area contributed by atoms with Crippen molar-refractivity contribution >= 4 is 5.97 Å². The first kappa shape index (κ1) is 11.6. The summed E-state index contributed by atoms with van der Waals surface area (Å²) >= 11 is 0. The highest BCUT2D eigenvalue weighted by molar-refractivity contribution is 5.87. The van der Waals surface area contributed by atoms with Gasteiger partial charge < -0.3 is 4.74 Å². The lowest BCUT2D eigenvalue weighted by Gasteiger charge is -2.05. The molecule has 0 radical (unpaired) electrons. The van der Waals surface area contributed by atoms with Gasteiger partial charge in [-0.05, 0) is 12.8 Å². The zero-order valence-corrected chi connectivity index (χ0v) is 7.94. The average Bonchev–Trinajstić information content (AvgIpc) is 1.98. The lowest BCUT2D eigenvalue weighted by atomic mass is 10.2. The molecule has 0 aromatic rings. The van der Waals surface area contributed by atoms with Crippen LogP contribution in [0.15, 0.2) is 11.8 Å². The molecule has 0 saturated carbocycles. The van der Waals surface area contributed by atoms with Crippen LogP contribution in [0.4, 0.5) is 0 Å². The largest absolute Gasteiger partial charge is 0.462 e. The quantitative estimate of drug-likeness (QED) is 0.288. The summed E-state index contributed by atoms with van der Waals surface area (Å²) in [6.45, 7) is 5.41. The van der Waals surface area contributed by atoms with Crippen molar-refractivity contribution in [2.75, 3.05) is 6.61 Å². The fraction of sp³-hybridized carbons (Fsp3) is 0.625. The molecule has 0 aliphatic carbocycles. The van der Waals surface area contributed by atoms with Crippen molar-refractivity contribution in [1.29, 1.82) is 0 Å². The van der Waals surface area contributed by atoms with Gasteiger partial charge >= 0.3 is 5.97 Å². The number of nitro groups is 1. The SMILES string of the molecule is C/C(=C\[N+](=O)[O-])C(=O)OCC(C)C. The summed E-state index contributed by atoms with van der Waals surface area (Å²) in [6.07, 6.45) is 0.642. The predicted molar refractivity (Wildman–Crippen MR) is 46.5 cm³/mol. The summed E-state index contributed by atoms with van der Waals surface area (Å²) in [7, 11) is 0. The molecule has 0 N–H and O–H groups in total. The second-order valence-electron chi connectivity index (χ2n) is 3.09. The Morgan fingerprint density at radius 2 is 2.15 bits per heavy atom. The molecule has 0 aliphatic heterocycles. The van der Waals surface area contributed by atoms with Gasteiger partial charge in [0.25, 0.3) is 0 Å². The highest BCUT2D eigenvalue weighted by Crippen LogP contribution is 2.00. The molecule has 74 valence electrons. The minimum absolute atomic E-state index is 0.00523. The Balaban J connectivity index is 4.04. The summed E-state index contributed by atoms with van der Waals surface area (Å²) in [5.74, 6) is -0.405. The van der Waals surface area contributed by atoms with Crippen LogP contribution in [-0.2, 0) is 9.53 Å². The van der Waals surface area contributed by atoms with Gasteiger partial charge in [-0.25, -0.2) is 4.79 Å². The molecule has 0 bridgehead atoms. The second-order valence-corrected chi connectivity index (χ2v) is 3.09. The number of nitrogens with zero attached hydrogens (tertiary/aromatic N) is 1. The topological polar surface area (TPSA) is 69.4 Å². The summed E-state index contributed by atoms with van der Waals surface area (Å²) in [5.41, 5.74) is 0.00523. The maximum absolute atomic E-state index is 11.0. The standard InChI is InChI=1S/C8H13NO4/c1-6(2)5-13-8(10)7(3)4-9(11)12/h4,6H,5H2,1-3H3/b7-4+. The van der Waals surface area contributed by atoms with E-state index >= 15 is 0 Å². The summed E-state index contributed by atoms with van der Waals surface area (Å²) in [4.78, 5) is 20.3. The molecule has 0 unspecified atom stereocenters. The number of esters is 1. The minimum Gasteiger partial charge on any atom is -0.462 e.